The van der Waals surface area contributed by atoms with Crippen LogP contribution in [0.2, 0.25) is 0 Å². The van der Waals surface area contributed by atoms with Crippen LogP contribution >= 0.6 is 0 Å². The molecule has 0 aromatic carbocycles. The monoisotopic (exact) mass is 257 g/mol. The van der Waals surface area contributed by atoms with E-state index in [0.29, 0.717) is 18.3 Å². The first-order valence-corrected chi connectivity index (χ1v) is 6.38. The number of rotatable bonds is 4. The summed E-state index contributed by atoms with van der Waals surface area (Å²) in [6.45, 7) is 2.32. The van der Waals surface area contributed by atoms with Gasteiger partial charge in [0.15, 0.2) is 0 Å². The Kier molecular flexibility index (Phi) is 3.03. The summed E-state index contributed by atoms with van der Waals surface area (Å²) in [4.78, 5) is 18.5. The van der Waals surface area contributed by atoms with Crippen molar-refractivity contribution in [3.8, 4) is 0 Å². The molecular formula is C14H15N3O2. The zero-order valence-electron chi connectivity index (χ0n) is 10.7. The summed E-state index contributed by atoms with van der Waals surface area (Å²) in [7, 11) is 0. The van der Waals surface area contributed by atoms with E-state index in [1.54, 1.807) is 19.2 Å². The van der Waals surface area contributed by atoms with Crippen LogP contribution in [0.25, 0.3) is 0 Å². The molecule has 0 saturated heterocycles. The highest BCUT2D eigenvalue weighted by Gasteiger charge is 2.34. The molecule has 2 aromatic rings. The first kappa shape index (κ1) is 11.9. The van der Waals surface area contributed by atoms with E-state index in [4.69, 9.17) is 4.52 Å². The summed E-state index contributed by atoms with van der Waals surface area (Å²) in [6.07, 6.45) is 3.83. The van der Waals surface area contributed by atoms with Gasteiger partial charge < -0.3 is 9.42 Å². The van der Waals surface area contributed by atoms with Crippen molar-refractivity contribution in [3.63, 3.8) is 0 Å². The predicted octanol–water partition coefficient (Wildman–Crippen LogP) is 2.18. The molecule has 0 aliphatic heterocycles. The predicted molar refractivity (Wildman–Crippen MR) is 68.4 cm³/mol. The fourth-order valence-corrected chi connectivity index (χ4v) is 2.03. The van der Waals surface area contributed by atoms with Crippen LogP contribution in [0.5, 0.6) is 0 Å². The van der Waals surface area contributed by atoms with Crippen LogP contribution in [0.3, 0.4) is 0 Å². The number of hydrogen-bond donors (Lipinski definition) is 0. The Morgan fingerprint density at radius 1 is 1.47 bits per heavy atom. The van der Waals surface area contributed by atoms with Gasteiger partial charge in [-0.1, -0.05) is 11.2 Å². The van der Waals surface area contributed by atoms with E-state index in [1.165, 1.54) is 0 Å². The highest BCUT2D eigenvalue weighted by Crippen LogP contribution is 2.29. The average molecular weight is 257 g/mol. The van der Waals surface area contributed by atoms with Gasteiger partial charge >= 0.3 is 0 Å². The van der Waals surface area contributed by atoms with Crippen LogP contribution in [-0.2, 0) is 6.54 Å². The van der Waals surface area contributed by atoms with Crippen LogP contribution in [0.15, 0.2) is 35.0 Å². The summed E-state index contributed by atoms with van der Waals surface area (Å²) in [6, 6.07) is 7.70. The second-order valence-electron chi connectivity index (χ2n) is 4.82. The molecule has 0 N–H and O–H groups in total. The first-order valence-electron chi connectivity index (χ1n) is 6.38. The molecule has 2 aromatic heterocycles. The molecule has 19 heavy (non-hydrogen) atoms. The van der Waals surface area contributed by atoms with Crippen molar-refractivity contribution in [2.45, 2.75) is 32.4 Å². The number of carbonyl (C=O) groups excluding carboxylic acids is 1. The van der Waals surface area contributed by atoms with Gasteiger partial charge in [-0.05, 0) is 31.9 Å². The summed E-state index contributed by atoms with van der Waals surface area (Å²) in [5.41, 5.74) is 1.61. The summed E-state index contributed by atoms with van der Waals surface area (Å²) in [5.74, 6) is 0.203. The van der Waals surface area contributed by atoms with E-state index in [9.17, 15) is 4.79 Å². The van der Waals surface area contributed by atoms with Crippen molar-refractivity contribution in [2.24, 2.45) is 0 Å². The van der Waals surface area contributed by atoms with Gasteiger partial charge in [-0.3, -0.25) is 9.78 Å². The lowest BCUT2D eigenvalue weighted by molar-refractivity contribution is 0.0685. The molecule has 5 nitrogen and oxygen atoms in total. The van der Waals surface area contributed by atoms with Gasteiger partial charge in [0.25, 0.3) is 5.91 Å². The van der Waals surface area contributed by atoms with Crippen LogP contribution < -0.4 is 0 Å². The fraction of sp³-hybridized carbons (Fsp3) is 0.357. The molecule has 0 unspecified atom stereocenters. The number of amides is 1. The summed E-state index contributed by atoms with van der Waals surface area (Å²) in [5, 5.41) is 3.77. The molecule has 1 aliphatic rings. The summed E-state index contributed by atoms with van der Waals surface area (Å²) >= 11 is 0. The molecule has 0 atom stereocenters. The second kappa shape index (κ2) is 4.84. The van der Waals surface area contributed by atoms with E-state index in [1.807, 2.05) is 23.1 Å². The minimum atomic E-state index is -0.103. The van der Waals surface area contributed by atoms with Crippen LogP contribution in [0.1, 0.15) is 34.8 Å². The van der Waals surface area contributed by atoms with E-state index in [2.05, 4.69) is 10.1 Å². The minimum absolute atomic E-state index is 0.103. The molecule has 0 radical (unpaired) electrons. The average Bonchev–Trinajstić information content (AvgIpc) is 3.18. The van der Waals surface area contributed by atoms with Gasteiger partial charge in [0, 0.05) is 18.3 Å². The zero-order valence-corrected chi connectivity index (χ0v) is 10.7. The standard InChI is InChI=1S/C14H15N3O2/c1-10-8-13(19-16-10)14(18)17(12-5-6-12)9-11-4-2-3-7-15-11/h2-4,7-8,12H,5-6,9H2,1H3. The Hall–Kier alpha value is -2.17. The topological polar surface area (TPSA) is 59.2 Å². The number of carbonyl (C=O) groups is 1. The van der Waals surface area contributed by atoms with Gasteiger partial charge in [0.05, 0.1) is 17.9 Å². The third kappa shape index (κ3) is 2.65. The van der Waals surface area contributed by atoms with Crippen LogP contribution in [0.4, 0.5) is 0 Å². The minimum Gasteiger partial charge on any atom is -0.351 e. The van der Waals surface area contributed by atoms with E-state index in [-0.39, 0.29) is 5.91 Å². The van der Waals surface area contributed by atoms with E-state index < -0.39 is 0 Å². The molecule has 2 heterocycles. The quantitative estimate of drug-likeness (QED) is 0.842. The van der Waals surface area contributed by atoms with Crippen molar-refractivity contribution in [2.75, 3.05) is 0 Å². The Morgan fingerprint density at radius 3 is 2.89 bits per heavy atom. The third-order valence-electron chi connectivity index (χ3n) is 3.15. The van der Waals surface area contributed by atoms with E-state index >= 15 is 0 Å². The van der Waals surface area contributed by atoms with Crippen molar-refractivity contribution < 1.29 is 9.32 Å². The Bertz CT molecular complexity index is 575. The maximum absolute atomic E-state index is 12.4. The molecule has 1 saturated carbocycles. The SMILES string of the molecule is Cc1cc(C(=O)N(Cc2ccccn2)C2CC2)on1. The highest BCUT2D eigenvalue weighted by molar-refractivity contribution is 5.91. The Labute approximate surface area is 111 Å². The number of aryl methyl sites for hydroxylation is 1. The van der Waals surface area contributed by atoms with Gasteiger partial charge in [0.2, 0.25) is 5.76 Å². The van der Waals surface area contributed by atoms with Crippen molar-refractivity contribution in [1.29, 1.82) is 0 Å². The zero-order chi connectivity index (χ0) is 13.2. The second-order valence-corrected chi connectivity index (χ2v) is 4.82. The van der Waals surface area contributed by atoms with Crippen molar-refractivity contribution >= 4 is 5.91 Å². The number of hydrogen-bond acceptors (Lipinski definition) is 4. The Morgan fingerprint density at radius 2 is 2.32 bits per heavy atom. The fourth-order valence-electron chi connectivity index (χ4n) is 2.03. The molecule has 0 bridgehead atoms. The molecule has 3 rings (SSSR count). The molecule has 1 aliphatic carbocycles. The number of nitrogens with zero attached hydrogens (tertiary/aromatic N) is 3. The smallest absolute Gasteiger partial charge is 0.293 e. The number of pyridine rings is 1. The molecule has 0 spiro atoms. The lowest BCUT2D eigenvalue weighted by atomic mass is 10.3. The first-order chi connectivity index (χ1) is 9.24. The maximum Gasteiger partial charge on any atom is 0.293 e. The largest absolute Gasteiger partial charge is 0.351 e. The lowest BCUT2D eigenvalue weighted by Crippen LogP contribution is -2.32. The van der Waals surface area contributed by atoms with E-state index in [0.717, 1.165) is 24.2 Å². The maximum atomic E-state index is 12.4. The van der Waals surface area contributed by atoms with Crippen molar-refractivity contribution in [1.82, 2.24) is 15.0 Å². The van der Waals surface area contributed by atoms with Gasteiger partial charge in [-0.15, -0.1) is 0 Å². The molecule has 1 fully saturated rings. The van der Waals surface area contributed by atoms with Crippen LogP contribution in [0, 0.1) is 6.92 Å². The highest BCUT2D eigenvalue weighted by atomic mass is 16.5. The molecular weight excluding hydrogens is 242 g/mol. The normalized spacial score (nSPS) is 14.4. The third-order valence-corrected chi connectivity index (χ3v) is 3.15. The lowest BCUT2D eigenvalue weighted by Gasteiger charge is -2.20. The summed E-state index contributed by atoms with van der Waals surface area (Å²) < 4.78 is 5.06. The van der Waals surface area contributed by atoms with Crippen LogP contribution in [-0.4, -0.2) is 27.0 Å². The molecule has 98 valence electrons. The van der Waals surface area contributed by atoms with Crippen molar-refractivity contribution in [3.05, 3.63) is 47.6 Å². The molecule has 1 amide bonds. The van der Waals surface area contributed by atoms with Gasteiger partial charge in [0.1, 0.15) is 0 Å². The number of aromatic nitrogens is 2. The van der Waals surface area contributed by atoms with Gasteiger partial charge in [-0.25, -0.2) is 0 Å². The Balaban J connectivity index is 1.79. The van der Waals surface area contributed by atoms with Gasteiger partial charge in [-0.2, -0.15) is 0 Å². The molecule has 5 heteroatoms.